The molecule has 2 fully saturated rings. The highest BCUT2D eigenvalue weighted by Gasteiger charge is 2.32. The molecule has 1 unspecified atom stereocenters. The van der Waals surface area contributed by atoms with Gasteiger partial charge in [-0.05, 0) is 64.8 Å². The van der Waals surface area contributed by atoms with E-state index in [1.807, 2.05) is 0 Å². The summed E-state index contributed by atoms with van der Waals surface area (Å²) in [5.41, 5.74) is 8.03. The van der Waals surface area contributed by atoms with Gasteiger partial charge in [-0.3, -0.25) is 0 Å². The monoisotopic (exact) mass is 540 g/mol. The van der Waals surface area contributed by atoms with Gasteiger partial charge in [0.1, 0.15) is 11.6 Å². The van der Waals surface area contributed by atoms with Crippen molar-refractivity contribution >= 4 is 23.0 Å². The molecule has 2 bridgehead atoms. The number of allylic oxidation sites excluding steroid dienone is 1. The van der Waals surface area contributed by atoms with Crippen LogP contribution in [0.25, 0.3) is 11.3 Å². The van der Waals surface area contributed by atoms with Crippen molar-refractivity contribution in [1.29, 1.82) is 0 Å². The number of hydrogen-bond donors (Lipinski definition) is 1. The van der Waals surface area contributed by atoms with Crippen LogP contribution in [0.5, 0.6) is 0 Å². The van der Waals surface area contributed by atoms with Gasteiger partial charge in [0.05, 0.1) is 11.7 Å². The van der Waals surface area contributed by atoms with Crippen LogP contribution in [0.2, 0.25) is 0 Å². The first-order chi connectivity index (χ1) is 19.3. The Morgan fingerprint density at radius 1 is 1.02 bits per heavy atom. The summed E-state index contributed by atoms with van der Waals surface area (Å²) in [5.74, 6) is 2.10. The molecule has 8 nitrogen and oxygen atoms in total. The van der Waals surface area contributed by atoms with Crippen LogP contribution >= 0.6 is 0 Å². The molecule has 5 heterocycles. The van der Waals surface area contributed by atoms with Gasteiger partial charge in [0.2, 0.25) is 0 Å². The molecule has 212 valence electrons. The van der Waals surface area contributed by atoms with E-state index in [0.717, 1.165) is 86.4 Å². The molecule has 8 heteroatoms. The first-order valence-corrected chi connectivity index (χ1v) is 14.8. The van der Waals surface area contributed by atoms with Crippen LogP contribution in [-0.2, 0) is 6.42 Å². The summed E-state index contributed by atoms with van der Waals surface area (Å²) in [5, 5.41) is 8.81. The summed E-state index contributed by atoms with van der Waals surface area (Å²) < 4.78 is 2.05. The van der Waals surface area contributed by atoms with E-state index in [1.165, 1.54) is 29.5 Å². The molecular formula is C32H44N8. The number of aromatic nitrogens is 3. The third kappa shape index (κ3) is 5.05. The van der Waals surface area contributed by atoms with E-state index >= 15 is 0 Å². The molecule has 0 amide bonds. The van der Waals surface area contributed by atoms with E-state index in [4.69, 9.17) is 10.1 Å². The minimum Gasteiger partial charge on any atom is -0.387 e. The van der Waals surface area contributed by atoms with Crippen LogP contribution < -0.4 is 15.1 Å². The number of nitrogens with zero attached hydrogens (tertiary/aromatic N) is 7. The summed E-state index contributed by atoms with van der Waals surface area (Å²) in [4.78, 5) is 14.6. The van der Waals surface area contributed by atoms with E-state index in [-0.39, 0.29) is 6.04 Å². The number of hydrogen-bond acceptors (Lipinski definition) is 7. The van der Waals surface area contributed by atoms with Crippen molar-refractivity contribution in [2.24, 2.45) is 0 Å². The highest BCUT2D eigenvalue weighted by molar-refractivity contribution is 5.67. The summed E-state index contributed by atoms with van der Waals surface area (Å²) in [6.45, 7) is 15.8. The molecule has 6 rings (SSSR count). The number of rotatable bonds is 2. The fourth-order valence-electron chi connectivity index (χ4n) is 6.31. The van der Waals surface area contributed by atoms with Gasteiger partial charge in [-0.15, -0.1) is 0 Å². The second-order valence-electron chi connectivity index (χ2n) is 12.1. The Balaban J connectivity index is 1.43. The van der Waals surface area contributed by atoms with Crippen LogP contribution in [-0.4, -0.2) is 84.3 Å². The maximum absolute atomic E-state index is 5.23. The van der Waals surface area contributed by atoms with Gasteiger partial charge >= 0.3 is 0 Å². The predicted octanol–water partition coefficient (Wildman–Crippen LogP) is 4.47. The smallest absolute Gasteiger partial charge is 0.160 e. The maximum atomic E-state index is 5.23. The Hall–Kier alpha value is -3.52. The number of likely N-dealkylation sites (N-methyl/N-ethyl adjacent to an activating group) is 2. The van der Waals surface area contributed by atoms with Crippen molar-refractivity contribution in [3.63, 3.8) is 0 Å². The molecule has 3 aliphatic rings. The summed E-state index contributed by atoms with van der Waals surface area (Å²) in [6.07, 6.45) is 5.28. The Morgan fingerprint density at radius 2 is 1.85 bits per heavy atom. The molecule has 40 heavy (non-hydrogen) atoms. The van der Waals surface area contributed by atoms with Crippen molar-refractivity contribution in [2.45, 2.75) is 51.1 Å². The number of anilines is 2. The fraction of sp³-hybridized carbons (Fsp3) is 0.500. The molecule has 1 aromatic carbocycles. The normalized spacial score (nSPS) is 21.0. The molecule has 0 radical (unpaired) electrons. The third-order valence-electron chi connectivity index (χ3n) is 9.01. The van der Waals surface area contributed by atoms with Crippen molar-refractivity contribution in [1.82, 2.24) is 29.7 Å². The minimum absolute atomic E-state index is 0.185. The second kappa shape index (κ2) is 10.8. The third-order valence-corrected chi connectivity index (χ3v) is 9.01. The maximum Gasteiger partial charge on any atom is 0.160 e. The molecule has 0 aliphatic carbocycles. The van der Waals surface area contributed by atoms with Gasteiger partial charge in [0.15, 0.2) is 5.65 Å². The van der Waals surface area contributed by atoms with E-state index in [2.05, 4.69) is 101 Å². The molecular weight excluding hydrogens is 496 g/mol. The number of piperidine rings is 1. The lowest BCUT2D eigenvalue weighted by atomic mass is 9.93. The lowest BCUT2D eigenvalue weighted by molar-refractivity contribution is 0.226. The van der Waals surface area contributed by atoms with Crippen molar-refractivity contribution in [2.75, 3.05) is 63.7 Å². The van der Waals surface area contributed by atoms with Crippen LogP contribution in [0.4, 0.5) is 11.6 Å². The molecule has 3 aromatic rings. The summed E-state index contributed by atoms with van der Waals surface area (Å²) in [6, 6.07) is 12.0. The summed E-state index contributed by atoms with van der Waals surface area (Å²) in [7, 11) is 6.46. The van der Waals surface area contributed by atoms with E-state index in [1.54, 1.807) is 0 Å². The summed E-state index contributed by atoms with van der Waals surface area (Å²) >= 11 is 0. The lowest BCUT2D eigenvalue weighted by Gasteiger charge is -2.43. The van der Waals surface area contributed by atoms with Crippen LogP contribution in [0.15, 0.2) is 49.2 Å². The van der Waals surface area contributed by atoms with Gasteiger partial charge in [-0.25, -0.2) is 4.98 Å². The van der Waals surface area contributed by atoms with Crippen LogP contribution in [0, 0.1) is 6.92 Å². The number of aryl methyl sites for hydroxylation is 2. The lowest BCUT2D eigenvalue weighted by Crippen LogP contribution is -2.57. The number of nitrogens with one attached hydrogen (secondary N) is 1. The fourth-order valence-corrected chi connectivity index (χ4v) is 6.31. The predicted molar refractivity (Wildman–Crippen MR) is 165 cm³/mol. The first kappa shape index (κ1) is 26.7. The van der Waals surface area contributed by atoms with E-state index in [9.17, 15) is 0 Å². The quantitative estimate of drug-likeness (QED) is 0.515. The van der Waals surface area contributed by atoms with Gasteiger partial charge in [-0.2, -0.15) is 9.61 Å². The number of fused-ring (bicyclic) bond motifs is 4. The molecule has 0 spiro atoms. The Labute approximate surface area is 239 Å². The molecule has 2 aromatic heterocycles. The second-order valence-corrected chi connectivity index (χ2v) is 12.1. The van der Waals surface area contributed by atoms with Gasteiger partial charge in [-0.1, -0.05) is 30.9 Å². The zero-order valence-corrected chi connectivity index (χ0v) is 24.7. The average Bonchev–Trinajstić information content (AvgIpc) is 3.34. The van der Waals surface area contributed by atoms with Gasteiger partial charge in [0, 0.05) is 74.9 Å². The van der Waals surface area contributed by atoms with Crippen LogP contribution in [0.1, 0.15) is 54.1 Å². The highest BCUT2D eigenvalue weighted by Crippen LogP contribution is 2.38. The SMILES string of the molecule is C=C1CCc2ccc(C)cc2C(=C)N2CCCCC2c2cc3nc(N4CC(N(C)C)C4)cc(n3n2)N(C)CCN1. The van der Waals surface area contributed by atoms with Crippen molar-refractivity contribution in [3.05, 3.63) is 71.6 Å². The largest absolute Gasteiger partial charge is 0.387 e. The average molecular weight is 541 g/mol. The van der Waals surface area contributed by atoms with Crippen molar-refractivity contribution < 1.29 is 0 Å². The van der Waals surface area contributed by atoms with Crippen molar-refractivity contribution in [3.8, 4) is 0 Å². The highest BCUT2D eigenvalue weighted by atomic mass is 15.4. The first-order valence-electron chi connectivity index (χ1n) is 14.8. The molecule has 2 saturated heterocycles. The van der Waals surface area contributed by atoms with E-state index < -0.39 is 0 Å². The zero-order valence-electron chi connectivity index (χ0n) is 24.7. The number of benzene rings is 1. The molecule has 0 saturated carbocycles. The molecule has 1 atom stereocenters. The Morgan fingerprint density at radius 3 is 2.65 bits per heavy atom. The van der Waals surface area contributed by atoms with E-state index in [0.29, 0.717) is 6.04 Å². The molecule has 1 N–H and O–H groups in total. The van der Waals surface area contributed by atoms with Gasteiger partial charge < -0.3 is 24.9 Å². The Kier molecular flexibility index (Phi) is 7.21. The van der Waals surface area contributed by atoms with Gasteiger partial charge in [0.25, 0.3) is 0 Å². The topological polar surface area (TPSA) is 55.2 Å². The standard InChI is InChI=1S/C32H44N8/c1-22-10-12-25-13-11-23(2)33-14-16-37(6)32-19-30(38-20-26(21-38)36(4)5)34-31-18-28(35-40(31)32)29-9-7-8-15-39(29)24(3)27(25)17-22/h10,12,17-19,26,29,33H,2-3,7-9,11,13-16,20-21H2,1,4-6H3. The minimum atomic E-state index is 0.185. The molecule has 3 aliphatic heterocycles. The Bertz CT molecular complexity index is 1420. The zero-order chi connectivity index (χ0) is 28.0. The van der Waals surface area contributed by atoms with Crippen LogP contribution in [0.3, 0.4) is 0 Å².